The Morgan fingerprint density at radius 1 is 0.185 bits per heavy atom. The highest BCUT2D eigenvalue weighted by atomic mass is 14.2. The summed E-state index contributed by atoms with van der Waals surface area (Å²) in [5.74, 6) is 0. The van der Waals surface area contributed by atoms with Gasteiger partial charge in [0.25, 0.3) is 0 Å². The summed E-state index contributed by atoms with van der Waals surface area (Å²) in [6.45, 7) is 0. The van der Waals surface area contributed by atoms with Gasteiger partial charge in [-0.2, -0.15) is 0 Å². The van der Waals surface area contributed by atoms with Crippen LogP contribution in [0.5, 0.6) is 0 Å². The molecule has 0 heterocycles. The fourth-order valence-electron chi connectivity index (χ4n) is 8.29. The molecule has 252 valence electrons. The fraction of sp³-hybridized carbons (Fsp3) is 0. The zero-order valence-electron chi connectivity index (χ0n) is 29.8. The van der Waals surface area contributed by atoms with E-state index in [1.807, 2.05) is 0 Å². The summed E-state index contributed by atoms with van der Waals surface area (Å²) in [6.07, 6.45) is 0. The third kappa shape index (κ3) is 5.66. The normalized spacial score (nSPS) is 11.3. The lowest BCUT2D eigenvalue weighted by Crippen LogP contribution is -1.91. The van der Waals surface area contributed by atoms with Crippen molar-refractivity contribution in [3.8, 4) is 66.8 Å². The van der Waals surface area contributed by atoms with E-state index < -0.39 is 0 Å². The molecule has 0 amide bonds. The lowest BCUT2D eigenvalue weighted by molar-refractivity contribution is 1.56. The highest BCUT2D eigenvalue weighted by Crippen LogP contribution is 2.44. The number of benzene rings is 10. The quantitative estimate of drug-likeness (QED) is 0.153. The second-order valence-electron chi connectivity index (χ2n) is 14.1. The minimum atomic E-state index is 1.21. The maximum absolute atomic E-state index is 2.37. The van der Waals surface area contributed by atoms with Crippen molar-refractivity contribution in [2.75, 3.05) is 0 Å². The van der Waals surface area contributed by atoms with E-state index in [9.17, 15) is 0 Å². The first-order valence-corrected chi connectivity index (χ1v) is 18.7. The summed E-state index contributed by atoms with van der Waals surface area (Å²) in [7, 11) is 0. The van der Waals surface area contributed by atoms with E-state index in [2.05, 4.69) is 218 Å². The van der Waals surface area contributed by atoms with E-state index in [-0.39, 0.29) is 0 Å². The molecule has 0 aromatic heterocycles. The molecule has 0 radical (unpaired) electrons. The Kier molecular flexibility index (Phi) is 7.93. The molecule has 0 N–H and O–H groups in total. The predicted molar refractivity (Wildman–Crippen MR) is 232 cm³/mol. The molecule has 54 heavy (non-hydrogen) atoms. The molecule has 10 aromatic carbocycles. The maximum atomic E-state index is 2.37. The topological polar surface area (TPSA) is 0 Å². The molecule has 0 heteroatoms. The van der Waals surface area contributed by atoms with E-state index in [0.29, 0.717) is 0 Å². The van der Waals surface area contributed by atoms with Crippen LogP contribution < -0.4 is 0 Å². The van der Waals surface area contributed by atoms with Crippen LogP contribution in [0.25, 0.3) is 99.1 Å². The first-order chi connectivity index (χ1) is 26.8. The van der Waals surface area contributed by atoms with Gasteiger partial charge in [-0.05, 0) is 129 Å². The Balaban J connectivity index is 1.10. The molecule has 0 nitrogen and oxygen atoms in total. The summed E-state index contributed by atoms with van der Waals surface area (Å²) in [4.78, 5) is 0. The standard InChI is InChI=1S/C54H36/c1-4-16-37(17-5-1)44-34-45(38-18-6-2-7-19-38)36-46(35-44)48-23-11-10-22-47(48)42-30-28-41-33-43(31-29-40(41)32-42)54-51-26-14-12-24-49(51)53(39-20-8-3-9-21-39)50-25-13-15-27-52(50)54/h1-36H. The molecular weight excluding hydrogens is 649 g/mol. The fourth-order valence-corrected chi connectivity index (χ4v) is 8.29. The van der Waals surface area contributed by atoms with E-state index >= 15 is 0 Å². The first kappa shape index (κ1) is 31.7. The van der Waals surface area contributed by atoms with Crippen molar-refractivity contribution in [3.05, 3.63) is 218 Å². The highest BCUT2D eigenvalue weighted by Gasteiger charge is 2.17. The molecule has 0 bridgehead atoms. The SMILES string of the molecule is c1ccc(-c2cc(-c3ccccc3)cc(-c3ccccc3-c3ccc4cc(-c5c6ccccc6c(-c6ccccc6)c6ccccc56)ccc4c3)c2)cc1. The van der Waals surface area contributed by atoms with Gasteiger partial charge in [0, 0.05) is 0 Å². The van der Waals surface area contributed by atoms with E-state index in [4.69, 9.17) is 0 Å². The van der Waals surface area contributed by atoms with Gasteiger partial charge >= 0.3 is 0 Å². The van der Waals surface area contributed by atoms with Crippen LogP contribution in [0.4, 0.5) is 0 Å². The third-order valence-corrected chi connectivity index (χ3v) is 10.8. The zero-order valence-corrected chi connectivity index (χ0v) is 29.8. The third-order valence-electron chi connectivity index (χ3n) is 10.8. The van der Waals surface area contributed by atoms with Crippen molar-refractivity contribution in [2.24, 2.45) is 0 Å². The Hall–Kier alpha value is -7.02. The summed E-state index contributed by atoms with van der Waals surface area (Å²) in [5.41, 5.74) is 14.8. The van der Waals surface area contributed by atoms with Gasteiger partial charge in [-0.1, -0.05) is 188 Å². The van der Waals surface area contributed by atoms with Gasteiger partial charge in [-0.25, -0.2) is 0 Å². The van der Waals surface area contributed by atoms with Crippen LogP contribution in [0.2, 0.25) is 0 Å². The van der Waals surface area contributed by atoms with E-state index in [1.165, 1.54) is 99.1 Å². The minimum Gasteiger partial charge on any atom is -0.0622 e. The number of hydrogen-bond acceptors (Lipinski definition) is 0. The summed E-state index contributed by atoms with van der Waals surface area (Å²) in [6, 6.07) is 79.7. The van der Waals surface area contributed by atoms with Crippen molar-refractivity contribution >= 4 is 32.3 Å². The summed E-state index contributed by atoms with van der Waals surface area (Å²) in [5, 5.41) is 7.54. The largest absolute Gasteiger partial charge is 0.0622 e. The van der Waals surface area contributed by atoms with Crippen LogP contribution in [-0.4, -0.2) is 0 Å². The lowest BCUT2D eigenvalue weighted by Gasteiger charge is -2.18. The Bertz CT molecular complexity index is 2840. The average Bonchev–Trinajstić information content (AvgIpc) is 3.26. The predicted octanol–water partition coefficient (Wildman–Crippen LogP) is 15.1. The second kappa shape index (κ2) is 13.5. The molecule has 0 atom stereocenters. The first-order valence-electron chi connectivity index (χ1n) is 18.7. The van der Waals surface area contributed by atoms with Gasteiger partial charge in [-0.15, -0.1) is 0 Å². The Labute approximate surface area is 316 Å². The molecule has 0 saturated heterocycles. The molecule has 0 aliphatic carbocycles. The second-order valence-corrected chi connectivity index (χ2v) is 14.1. The van der Waals surface area contributed by atoms with Crippen molar-refractivity contribution in [3.63, 3.8) is 0 Å². The highest BCUT2D eigenvalue weighted by molar-refractivity contribution is 6.21. The molecule has 0 unspecified atom stereocenters. The smallest absolute Gasteiger partial charge is 0.00262 e. The summed E-state index contributed by atoms with van der Waals surface area (Å²) < 4.78 is 0. The van der Waals surface area contributed by atoms with Crippen molar-refractivity contribution in [2.45, 2.75) is 0 Å². The van der Waals surface area contributed by atoms with Gasteiger partial charge < -0.3 is 0 Å². The van der Waals surface area contributed by atoms with Gasteiger partial charge in [0.15, 0.2) is 0 Å². The van der Waals surface area contributed by atoms with Gasteiger partial charge in [-0.3, -0.25) is 0 Å². The van der Waals surface area contributed by atoms with Crippen molar-refractivity contribution in [1.82, 2.24) is 0 Å². The van der Waals surface area contributed by atoms with Crippen LogP contribution in [0.3, 0.4) is 0 Å². The Morgan fingerprint density at radius 2 is 0.537 bits per heavy atom. The van der Waals surface area contributed by atoms with Crippen LogP contribution in [0, 0.1) is 0 Å². The van der Waals surface area contributed by atoms with Gasteiger partial charge in [0.1, 0.15) is 0 Å². The minimum absolute atomic E-state index is 1.21. The molecule has 10 rings (SSSR count). The van der Waals surface area contributed by atoms with Crippen molar-refractivity contribution < 1.29 is 0 Å². The van der Waals surface area contributed by atoms with Gasteiger partial charge in [0.2, 0.25) is 0 Å². The molecule has 0 spiro atoms. The molecule has 0 fully saturated rings. The van der Waals surface area contributed by atoms with Gasteiger partial charge in [0.05, 0.1) is 0 Å². The monoisotopic (exact) mass is 684 g/mol. The summed E-state index contributed by atoms with van der Waals surface area (Å²) >= 11 is 0. The molecule has 0 aliphatic rings. The van der Waals surface area contributed by atoms with Crippen LogP contribution in [0.1, 0.15) is 0 Å². The number of hydrogen-bond donors (Lipinski definition) is 0. The zero-order chi connectivity index (χ0) is 35.8. The maximum Gasteiger partial charge on any atom is -0.00262 e. The molecule has 0 aliphatic heterocycles. The van der Waals surface area contributed by atoms with Crippen molar-refractivity contribution in [1.29, 1.82) is 0 Å². The molecular formula is C54H36. The van der Waals surface area contributed by atoms with Crippen LogP contribution >= 0.6 is 0 Å². The molecule has 0 saturated carbocycles. The lowest BCUT2D eigenvalue weighted by atomic mass is 9.85. The van der Waals surface area contributed by atoms with E-state index in [0.717, 1.165) is 0 Å². The van der Waals surface area contributed by atoms with Crippen LogP contribution in [-0.2, 0) is 0 Å². The van der Waals surface area contributed by atoms with E-state index in [1.54, 1.807) is 0 Å². The number of rotatable bonds is 6. The Morgan fingerprint density at radius 3 is 1.04 bits per heavy atom. The number of fused-ring (bicyclic) bond motifs is 3. The molecule has 10 aromatic rings. The average molecular weight is 685 g/mol. The van der Waals surface area contributed by atoms with Crippen LogP contribution in [0.15, 0.2) is 218 Å².